The summed E-state index contributed by atoms with van der Waals surface area (Å²) < 4.78 is 0.977. The van der Waals surface area contributed by atoms with Crippen LogP contribution in [0.5, 0.6) is 0 Å². The SMILES string of the molecule is C[C@H]1CCCN(c2nc3ncnc(SCC(=O)N[C@@H](C)CCc4ccccc4)c3s2)C1. The van der Waals surface area contributed by atoms with E-state index in [9.17, 15) is 4.79 Å². The van der Waals surface area contributed by atoms with Crippen molar-refractivity contribution in [1.82, 2.24) is 20.3 Å². The summed E-state index contributed by atoms with van der Waals surface area (Å²) in [6, 6.07) is 10.5. The van der Waals surface area contributed by atoms with Crippen LogP contribution in [0.2, 0.25) is 0 Å². The molecule has 31 heavy (non-hydrogen) atoms. The van der Waals surface area contributed by atoms with Crippen LogP contribution in [0.25, 0.3) is 10.3 Å². The molecule has 3 aromatic rings. The number of thiazole rings is 1. The van der Waals surface area contributed by atoms with Crippen LogP contribution < -0.4 is 10.2 Å². The van der Waals surface area contributed by atoms with Gasteiger partial charge in [0.05, 0.1) is 5.75 Å². The molecule has 1 aliphatic rings. The highest BCUT2D eigenvalue weighted by Gasteiger charge is 2.21. The number of aromatic nitrogens is 3. The second kappa shape index (κ2) is 10.4. The van der Waals surface area contributed by atoms with Gasteiger partial charge in [0.25, 0.3) is 0 Å². The number of benzene rings is 1. The quantitative estimate of drug-likeness (QED) is 0.397. The number of thioether (sulfide) groups is 1. The van der Waals surface area contributed by atoms with E-state index in [-0.39, 0.29) is 11.9 Å². The summed E-state index contributed by atoms with van der Waals surface area (Å²) in [5.41, 5.74) is 2.03. The highest BCUT2D eigenvalue weighted by atomic mass is 32.2. The van der Waals surface area contributed by atoms with Crippen molar-refractivity contribution in [2.24, 2.45) is 5.92 Å². The largest absolute Gasteiger partial charge is 0.353 e. The number of fused-ring (bicyclic) bond motifs is 1. The fourth-order valence-electron chi connectivity index (χ4n) is 3.87. The van der Waals surface area contributed by atoms with Gasteiger partial charge in [-0.3, -0.25) is 4.79 Å². The molecule has 0 radical (unpaired) electrons. The average Bonchev–Trinajstić information content (AvgIpc) is 3.22. The van der Waals surface area contributed by atoms with Gasteiger partial charge in [-0.1, -0.05) is 60.4 Å². The molecule has 164 valence electrons. The number of amides is 1. The lowest BCUT2D eigenvalue weighted by molar-refractivity contribution is -0.119. The molecule has 0 spiro atoms. The molecular weight excluding hydrogens is 426 g/mol. The Morgan fingerprint density at radius 3 is 2.97 bits per heavy atom. The van der Waals surface area contributed by atoms with Crippen LogP contribution in [0.1, 0.15) is 38.7 Å². The molecule has 0 aliphatic carbocycles. The third-order valence-corrected chi connectivity index (χ3v) is 7.76. The molecule has 1 amide bonds. The third kappa shape index (κ3) is 5.95. The van der Waals surface area contributed by atoms with Gasteiger partial charge < -0.3 is 10.2 Å². The number of hydrogen-bond acceptors (Lipinski definition) is 7. The molecule has 1 saturated heterocycles. The zero-order chi connectivity index (χ0) is 21.6. The number of piperidine rings is 1. The predicted octanol–water partition coefficient (Wildman–Crippen LogP) is 4.55. The summed E-state index contributed by atoms with van der Waals surface area (Å²) in [6.45, 7) is 6.44. The molecular formula is C23H29N5OS2. The van der Waals surface area contributed by atoms with E-state index in [2.05, 4.69) is 46.2 Å². The Balaban J connectivity index is 1.32. The van der Waals surface area contributed by atoms with Gasteiger partial charge in [-0.2, -0.15) is 4.98 Å². The maximum absolute atomic E-state index is 12.5. The minimum atomic E-state index is 0.0342. The summed E-state index contributed by atoms with van der Waals surface area (Å²) in [4.78, 5) is 28.3. The van der Waals surface area contributed by atoms with Gasteiger partial charge in [-0.05, 0) is 44.1 Å². The van der Waals surface area contributed by atoms with Crippen LogP contribution in [-0.4, -0.2) is 45.7 Å². The average molecular weight is 456 g/mol. The summed E-state index contributed by atoms with van der Waals surface area (Å²) in [5.74, 6) is 1.07. The molecule has 2 aromatic heterocycles. The van der Waals surface area contributed by atoms with Gasteiger partial charge in [-0.15, -0.1) is 0 Å². The maximum atomic E-state index is 12.5. The molecule has 2 atom stereocenters. The van der Waals surface area contributed by atoms with E-state index in [0.29, 0.717) is 11.7 Å². The first kappa shape index (κ1) is 22.0. The third-order valence-electron chi connectivity index (χ3n) is 5.53. The van der Waals surface area contributed by atoms with Crippen LogP contribution in [0.4, 0.5) is 5.13 Å². The molecule has 4 rings (SSSR count). The van der Waals surface area contributed by atoms with E-state index in [1.165, 1.54) is 30.2 Å². The summed E-state index contributed by atoms with van der Waals surface area (Å²) in [7, 11) is 0. The lowest BCUT2D eigenvalue weighted by Gasteiger charge is -2.30. The Hall–Kier alpha value is -2.19. The molecule has 0 bridgehead atoms. The van der Waals surface area contributed by atoms with Crippen molar-refractivity contribution in [3.8, 4) is 0 Å². The number of carbonyl (C=O) groups excluding carboxylic acids is 1. The van der Waals surface area contributed by atoms with E-state index >= 15 is 0 Å². The standard InChI is InChI=1S/C23H29N5OS2/c1-16-7-6-12-28(13-16)23-27-21-20(31-23)22(25-15-24-21)30-14-19(29)26-17(2)10-11-18-8-4-3-5-9-18/h3-5,8-9,15-17H,6-7,10-14H2,1-2H3,(H,26,29)/t16-,17-/m0/s1. The second-order valence-electron chi connectivity index (χ2n) is 8.30. The zero-order valence-electron chi connectivity index (χ0n) is 18.1. The van der Waals surface area contributed by atoms with Gasteiger partial charge in [0.1, 0.15) is 16.1 Å². The second-order valence-corrected chi connectivity index (χ2v) is 10.2. The molecule has 0 saturated carbocycles. The van der Waals surface area contributed by atoms with Crippen molar-refractivity contribution in [2.45, 2.75) is 50.6 Å². The van der Waals surface area contributed by atoms with Crippen molar-refractivity contribution in [2.75, 3.05) is 23.7 Å². The topological polar surface area (TPSA) is 71.0 Å². The fraction of sp³-hybridized carbons (Fsp3) is 0.478. The number of aryl methyl sites for hydroxylation is 1. The number of anilines is 1. The van der Waals surface area contributed by atoms with Gasteiger partial charge >= 0.3 is 0 Å². The maximum Gasteiger partial charge on any atom is 0.230 e. The van der Waals surface area contributed by atoms with Crippen molar-refractivity contribution in [3.63, 3.8) is 0 Å². The van der Waals surface area contributed by atoms with Crippen LogP contribution in [0, 0.1) is 5.92 Å². The first-order chi connectivity index (χ1) is 15.1. The molecule has 0 unspecified atom stereocenters. The Labute approximate surface area is 191 Å². The Morgan fingerprint density at radius 2 is 2.16 bits per heavy atom. The van der Waals surface area contributed by atoms with Crippen molar-refractivity contribution < 1.29 is 4.79 Å². The van der Waals surface area contributed by atoms with Gasteiger partial charge in [0, 0.05) is 19.1 Å². The Morgan fingerprint density at radius 1 is 1.32 bits per heavy atom. The van der Waals surface area contributed by atoms with Crippen molar-refractivity contribution in [1.29, 1.82) is 0 Å². The summed E-state index contributed by atoms with van der Waals surface area (Å²) >= 11 is 3.10. The number of nitrogens with zero attached hydrogens (tertiary/aromatic N) is 4. The Kier molecular flexibility index (Phi) is 7.40. The minimum Gasteiger partial charge on any atom is -0.353 e. The molecule has 1 aromatic carbocycles. The minimum absolute atomic E-state index is 0.0342. The molecule has 6 nitrogen and oxygen atoms in total. The highest BCUT2D eigenvalue weighted by Crippen LogP contribution is 2.35. The molecule has 1 N–H and O–H groups in total. The number of carbonyl (C=O) groups is 1. The van der Waals surface area contributed by atoms with Crippen molar-refractivity contribution in [3.05, 3.63) is 42.2 Å². The molecule has 3 heterocycles. The van der Waals surface area contributed by atoms with Crippen LogP contribution in [0.15, 0.2) is 41.7 Å². The van der Waals surface area contributed by atoms with Crippen molar-refractivity contribution >= 4 is 44.5 Å². The summed E-state index contributed by atoms with van der Waals surface area (Å²) in [6.07, 6.45) is 5.91. The number of nitrogens with one attached hydrogen (secondary N) is 1. The smallest absolute Gasteiger partial charge is 0.230 e. The lowest BCUT2D eigenvalue weighted by Crippen LogP contribution is -2.34. The number of rotatable bonds is 8. The van der Waals surface area contributed by atoms with Gasteiger partial charge in [-0.25, -0.2) is 9.97 Å². The van der Waals surface area contributed by atoms with Gasteiger partial charge in [0.15, 0.2) is 10.8 Å². The highest BCUT2D eigenvalue weighted by molar-refractivity contribution is 8.00. The van der Waals surface area contributed by atoms with E-state index in [1.54, 1.807) is 17.7 Å². The van der Waals surface area contributed by atoms with E-state index < -0.39 is 0 Å². The van der Waals surface area contributed by atoms with Crippen LogP contribution in [-0.2, 0) is 11.2 Å². The summed E-state index contributed by atoms with van der Waals surface area (Å²) in [5, 5.41) is 4.96. The predicted molar refractivity (Wildman–Crippen MR) is 129 cm³/mol. The lowest BCUT2D eigenvalue weighted by atomic mass is 10.0. The van der Waals surface area contributed by atoms with Crippen LogP contribution >= 0.6 is 23.1 Å². The molecule has 1 aliphatic heterocycles. The molecule has 8 heteroatoms. The zero-order valence-corrected chi connectivity index (χ0v) is 19.7. The van der Waals surface area contributed by atoms with Gasteiger partial charge in [0.2, 0.25) is 5.91 Å². The monoisotopic (exact) mass is 455 g/mol. The number of hydrogen-bond donors (Lipinski definition) is 1. The van der Waals surface area contributed by atoms with E-state index in [4.69, 9.17) is 4.98 Å². The molecule has 1 fully saturated rings. The van der Waals surface area contributed by atoms with E-state index in [0.717, 1.165) is 46.4 Å². The van der Waals surface area contributed by atoms with Crippen LogP contribution in [0.3, 0.4) is 0 Å². The van der Waals surface area contributed by atoms with E-state index in [1.807, 2.05) is 18.2 Å². The Bertz CT molecular complexity index is 1010. The first-order valence-corrected chi connectivity index (χ1v) is 12.7. The fourth-order valence-corrected chi connectivity index (χ4v) is 5.81. The first-order valence-electron chi connectivity index (χ1n) is 10.9. The normalized spacial score (nSPS) is 17.6.